The number of H-pyrrole nitrogens is 1. The number of rotatable bonds is 2. The van der Waals surface area contributed by atoms with Crippen LogP contribution >= 0.6 is 12.2 Å². The van der Waals surface area contributed by atoms with Crippen LogP contribution in [0.4, 0.5) is 4.39 Å². The lowest BCUT2D eigenvalue weighted by Gasteiger charge is -2.19. The smallest absolute Gasteiger partial charge is 0.200 e. The highest BCUT2D eigenvalue weighted by Crippen LogP contribution is 2.26. The Hall–Kier alpha value is -2.27. The fourth-order valence-electron chi connectivity index (χ4n) is 2.46. The average molecular weight is 327 g/mol. The van der Waals surface area contributed by atoms with Gasteiger partial charge >= 0.3 is 0 Å². The van der Waals surface area contributed by atoms with Crippen molar-refractivity contribution in [3.8, 4) is 17.1 Å². The van der Waals surface area contributed by atoms with E-state index in [9.17, 15) is 4.39 Å². The van der Waals surface area contributed by atoms with Crippen molar-refractivity contribution in [2.45, 2.75) is 26.2 Å². The molecule has 0 amide bonds. The summed E-state index contributed by atoms with van der Waals surface area (Å²) in [4.78, 5) is 0. The summed E-state index contributed by atoms with van der Waals surface area (Å²) >= 11 is 5.31. The number of hydrogen-bond donors (Lipinski definition) is 1. The van der Waals surface area contributed by atoms with Crippen molar-refractivity contribution >= 4 is 12.2 Å². The van der Waals surface area contributed by atoms with Gasteiger partial charge in [0.25, 0.3) is 0 Å². The molecular formula is C18H18FN3S. The van der Waals surface area contributed by atoms with Crippen LogP contribution in [0.3, 0.4) is 0 Å². The first kappa shape index (κ1) is 15.6. The maximum absolute atomic E-state index is 13.5. The average Bonchev–Trinajstić information content (AvgIpc) is 2.88. The summed E-state index contributed by atoms with van der Waals surface area (Å²) in [7, 11) is 0. The Morgan fingerprint density at radius 2 is 1.78 bits per heavy atom. The molecule has 0 saturated heterocycles. The monoisotopic (exact) mass is 327 g/mol. The maximum atomic E-state index is 13.5. The molecule has 118 valence electrons. The van der Waals surface area contributed by atoms with Crippen LogP contribution in [0.1, 0.15) is 26.3 Å². The Morgan fingerprint density at radius 1 is 1.09 bits per heavy atom. The summed E-state index contributed by atoms with van der Waals surface area (Å²) in [6, 6.07) is 14.5. The third-order valence-electron chi connectivity index (χ3n) is 3.75. The Balaban J connectivity index is 2.10. The summed E-state index contributed by atoms with van der Waals surface area (Å²) in [5.74, 6) is 0.362. The van der Waals surface area contributed by atoms with E-state index in [1.54, 1.807) is 16.7 Å². The molecule has 0 spiro atoms. The summed E-state index contributed by atoms with van der Waals surface area (Å²) in [6.45, 7) is 6.51. The molecule has 3 nitrogen and oxygen atoms in total. The first-order valence-corrected chi connectivity index (χ1v) is 7.81. The van der Waals surface area contributed by atoms with Crippen LogP contribution in [0.2, 0.25) is 0 Å². The van der Waals surface area contributed by atoms with E-state index in [2.05, 4.69) is 43.1 Å². The fourth-order valence-corrected chi connectivity index (χ4v) is 2.70. The standard InChI is InChI=1S/C18H18FN3S/c1-18(2,3)13-9-7-12(8-10-13)16-20-21-17(23)22(16)15-6-4-5-14(19)11-15/h4-11H,1-3H3,(H,21,23). The number of hydrogen-bond acceptors (Lipinski definition) is 2. The van der Waals surface area contributed by atoms with E-state index in [0.29, 0.717) is 16.3 Å². The molecule has 2 aromatic carbocycles. The summed E-state index contributed by atoms with van der Waals surface area (Å²) < 4.78 is 15.7. The molecule has 3 rings (SSSR count). The molecule has 1 N–H and O–H groups in total. The van der Waals surface area contributed by atoms with Crippen LogP contribution in [0.25, 0.3) is 17.1 Å². The molecule has 0 fully saturated rings. The first-order chi connectivity index (χ1) is 10.9. The lowest BCUT2D eigenvalue weighted by atomic mass is 9.87. The molecular weight excluding hydrogens is 309 g/mol. The van der Waals surface area contributed by atoms with Crippen LogP contribution in [0.5, 0.6) is 0 Å². The highest BCUT2D eigenvalue weighted by Gasteiger charge is 2.15. The summed E-state index contributed by atoms with van der Waals surface area (Å²) in [5, 5.41) is 7.10. The second kappa shape index (κ2) is 5.74. The van der Waals surface area contributed by atoms with Crippen LogP contribution < -0.4 is 0 Å². The van der Waals surface area contributed by atoms with E-state index in [-0.39, 0.29) is 11.2 Å². The van der Waals surface area contributed by atoms with Crippen molar-refractivity contribution in [2.75, 3.05) is 0 Å². The topological polar surface area (TPSA) is 33.6 Å². The number of nitrogens with zero attached hydrogens (tertiary/aromatic N) is 2. The van der Waals surface area contributed by atoms with Crippen molar-refractivity contribution in [3.63, 3.8) is 0 Å². The van der Waals surface area contributed by atoms with E-state index in [1.165, 1.54) is 17.7 Å². The predicted molar refractivity (Wildman–Crippen MR) is 92.8 cm³/mol. The second-order valence-corrected chi connectivity index (χ2v) is 6.88. The summed E-state index contributed by atoms with van der Waals surface area (Å²) in [6.07, 6.45) is 0. The van der Waals surface area contributed by atoms with Crippen molar-refractivity contribution in [2.24, 2.45) is 0 Å². The highest BCUT2D eigenvalue weighted by molar-refractivity contribution is 7.71. The van der Waals surface area contributed by atoms with E-state index < -0.39 is 0 Å². The van der Waals surface area contributed by atoms with Gasteiger partial charge in [-0.1, -0.05) is 51.1 Å². The van der Waals surface area contributed by atoms with Crippen molar-refractivity contribution in [1.82, 2.24) is 14.8 Å². The van der Waals surface area contributed by atoms with E-state index in [4.69, 9.17) is 12.2 Å². The minimum atomic E-state index is -0.306. The number of nitrogens with one attached hydrogen (secondary N) is 1. The van der Waals surface area contributed by atoms with Gasteiger partial charge in [-0.15, -0.1) is 0 Å². The highest BCUT2D eigenvalue weighted by atomic mass is 32.1. The Labute approximate surface area is 139 Å². The number of aromatic nitrogens is 3. The van der Waals surface area contributed by atoms with Crippen molar-refractivity contribution in [1.29, 1.82) is 0 Å². The molecule has 0 aliphatic heterocycles. The van der Waals surface area contributed by atoms with Crippen LogP contribution in [-0.4, -0.2) is 14.8 Å². The van der Waals surface area contributed by atoms with Gasteiger partial charge in [0.15, 0.2) is 10.6 Å². The van der Waals surface area contributed by atoms with Gasteiger partial charge in [0, 0.05) is 5.56 Å². The maximum Gasteiger partial charge on any atom is 0.200 e. The van der Waals surface area contributed by atoms with Gasteiger partial charge < -0.3 is 0 Å². The Morgan fingerprint density at radius 3 is 2.39 bits per heavy atom. The zero-order valence-electron chi connectivity index (χ0n) is 13.3. The van der Waals surface area contributed by atoms with Gasteiger partial charge in [-0.05, 0) is 41.4 Å². The molecule has 0 aliphatic rings. The molecule has 0 radical (unpaired) electrons. The minimum Gasteiger partial charge on any atom is -0.268 e. The van der Waals surface area contributed by atoms with E-state index in [1.807, 2.05) is 12.1 Å². The van der Waals surface area contributed by atoms with Crippen molar-refractivity contribution in [3.05, 3.63) is 64.7 Å². The molecule has 3 aromatic rings. The lowest BCUT2D eigenvalue weighted by Crippen LogP contribution is -2.10. The van der Waals surface area contributed by atoms with Crippen LogP contribution in [-0.2, 0) is 5.41 Å². The molecule has 1 aromatic heterocycles. The number of benzene rings is 2. The fraction of sp³-hybridized carbons (Fsp3) is 0.222. The van der Waals surface area contributed by atoms with E-state index >= 15 is 0 Å². The third kappa shape index (κ3) is 3.10. The molecule has 0 atom stereocenters. The van der Waals surface area contributed by atoms with Crippen LogP contribution in [0.15, 0.2) is 48.5 Å². The normalized spacial score (nSPS) is 11.7. The molecule has 23 heavy (non-hydrogen) atoms. The number of aromatic amines is 1. The van der Waals surface area contributed by atoms with Crippen molar-refractivity contribution < 1.29 is 4.39 Å². The Kier molecular flexibility index (Phi) is 3.90. The quantitative estimate of drug-likeness (QED) is 0.670. The van der Waals surface area contributed by atoms with Gasteiger partial charge in [-0.2, -0.15) is 5.10 Å². The first-order valence-electron chi connectivity index (χ1n) is 7.40. The zero-order valence-corrected chi connectivity index (χ0v) is 14.1. The molecule has 5 heteroatoms. The largest absolute Gasteiger partial charge is 0.268 e. The molecule has 0 saturated carbocycles. The lowest BCUT2D eigenvalue weighted by molar-refractivity contribution is 0.590. The molecule has 0 aliphatic carbocycles. The van der Waals surface area contributed by atoms with Gasteiger partial charge in [0.2, 0.25) is 0 Å². The minimum absolute atomic E-state index is 0.0891. The van der Waals surface area contributed by atoms with Gasteiger partial charge in [0.1, 0.15) is 5.82 Å². The molecule has 1 heterocycles. The molecule has 0 unspecified atom stereocenters. The van der Waals surface area contributed by atoms with Gasteiger partial charge in [0.05, 0.1) is 5.69 Å². The van der Waals surface area contributed by atoms with Gasteiger partial charge in [-0.3, -0.25) is 9.67 Å². The second-order valence-electron chi connectivity index (χ2n) is 6.49. The third-order valence-corrected chi connectivity index (χ3v) is 4.02. The predicted octanol–water partition coefficient (Wildman–Crippen LogP) is 5.03. The summed E-state index contributed by atoms with van der Waals surface area (Å²) in [5.41, 5.74) is 2.91. The van der Waals surface area contributed by atoms with E-state index in [0.717, 1.165) is 5.56 Å². The van der Waals surface area contributed by atoms with Gasteiger partial charge in [-0.25, -0.2) is 4.39 Å². The molecule has 0 bridgehead atoms. The Bertz CT molecular complexity index is 886. The SMILES string of the molecule is CC(C)(C)c1ccc(-c2n[nH]c(=S)n2-c2cccc(F)c2)cc1. The number of halogens is 1. The van der Waals surface area contributed by atoms with Crippen LogP contribution in [0, 0.1) is 10.6 Å². The zero-order chi connectivity index (χ0) is 16.6.